The summed E-state index contributed by atoms with van der Waals surface area (Å²) >= 11 is 0. The Balaban J connectivity index is 1.56. The van der Waals surface area contributed by atoms with E-state index in [0.717, 1.165) is 32.1 Å². The summed E-state index contributed by atoms with van der Waals surface area (Å²) in [6, 6.07) is 6.86. The van der Waals surface area contributed by atoms with Gasteiger partial charge in [0.15, 0.2) is 0 Å². The summed E-state index contributed by atoms with van der Waals surface area (Å²) in [7, 11) is 0. The van der Waals surface area contributed by atoms with Crippen LogP contribution in [-0.2, 0) is 16.1 Å². The number of benzene rings is 1. The van der Waals surface area contributed by atoms with Crippen LogP contribution >= 0.6 is 0 Å². The summed E-state index contributed by atoms with van der Waals surface area (Å²) in [6.07, 6.45) is 6.16. The van der Waals surface area contributed by atoms with Crippen molar-refractivity contribution in [2.75, 3.05) is 19.6 Å². The molecule has 168 valence electrons. The van der Waals surface area contributed by atoms with Crippen molar-refractivity contribution in [2.24, 2.45) is 5.92 Å². The van der Waals surface area contributed by atoms with Crippen LogP contribution in [0.15, 0.2) is 33.9 Å². The third-order valence-corrected chi connectivity index (χ3v) is 5.93. The molecule has 31 heavy (non-hydrogen) atoms. The molecule has 0 bridgehead atoms. The normalized spacial score (nSPS) is 16.4. The molecule has 2 aromatic rings. The van der Waals surface area contributed by atoms with E-state index in [1.54, 1.807) is 29.2 Å². The molecular formula is C23H32N4O4. The molecule has 0 radical (unpaired) electrons. The van der Waals surface area contributed by atoms with Crippen LogP contribution in [0, 0.1) is 5.92 Å². The van der Waals surface area contributed by atoms with Crippen molar-refractivity contribution in [3.05, 3.63) is 45.1 Å². The van der Waals surface area contributed by atoms with Crippen molar-refractivity contribution in [2.45, 2.75) is 58.4 Å². The van der Waals surface area contributed by atoms with Crippen LogP contribution in [0.2, 0.25) is 0 Å². The van der Waals surface area contributed by atoms with Gasteiger partial charge >= 0.3 is 5.69 Å². The molecule has 3 rings (SSSR count). The zero-order chi connectivity index (χ0) is 22.2. The summed E-state index contributed by atoms with van der Waals surface area (Å²) < 4.78 is 1.43. The third kappa shape index (κ3) is 5.83. The van der Waals surface area contributed by atoms with E-state index in [1.807, 2.05) is 0 Å². The quantitative estimate of drug-likeness (QED) is 0.596. The van der Waals surface area contributed by atoms with E-state index < -0.39 is 11.2 Å². The molecular weight excluding hydrogens is 396 g/mol. The third-order valence-electron chi connectivity index (χ3n) is 5.93. The summed E-state index contributed by atoms with van der Waals surface area (Å²) in [5.74, 6) is -0.236. The van der Waals surface area contributed by atoms with Gasteiger partial charge < -0.3 is 10.2 Å². The van der Waals surface area contributed by atoms with Crippen molar-refractivity contribution in [3.8, 4) is 0 Å². The molecule has 1 saturated heterocycles. The highest BCUT2D eigenvalue weighted by molar-refractivity contribution is 5.81. The van der Waals surface area contributed by atoms with E-state index >= 15 is 0 Å². The van der Waals surface area contributed by atoms with E-state index in [-0.39, 0.29) is 30.7 Å². The molecule has 0 spiro atoms. The number of nitrogens with one attached hydrogen (secondary N) is 2. The molecule has 1 aromatic carbocycles. The molecule has 1 aliphatic rings. The minimum atomic E-state index is -0.518. The van der Waals surface area contributed by atoms with Crippen LogP contribution in [0.3, 0.4) is 0 Å². The molecule has 1 aromatic heterocycles. The molecule has 2 amide bonds. The lowest BCUT2D eigenvalue weighted by molar-refractivity contribution is -0.135. The lowest BCUT2D eigenvalue weighted by Gasteiger charge is -2.32. The number of carbonyl (C=O) groups excluding carboxylic acids is 2. The van der Waals surface area contributed by atoms with E-state index in [2.05, 4.69) is 17.2 Å². The maximum Gasteiger partial charge on any atom is 0.328 e. The summed E-state index contributed by atoms with van der Waals surface area (Å²) in [6.45, 7) is 4.06. The second kappa shape index (κ2) is 10.9. The Labute approximate surface area is 181 Å². The number of piperidine rings is 1. The number of rotatable bonds is 9. The summed E-state index contributed by atoms with van der Waals surface area (Å²) in [4.78, 5) is 53.6. The first-order valence-corrected chi connectivity index (χ1v) is 11.3. The van der Waals surface area contributed by atoms with Gasteiger partial charge in [-0.2, -0.15) is 0 Å². The van der Waals surface area contributed by atoms with Crippen LogP contribution in [0.25, 0.3) is 10.9 Å². The van der Waals surface area contributed by atoms with Gasteiger partial charge in [-0.05, 0) is 31.4 Å². The Kier molecular flexibility index (Phi) is 8.03. The van der Waals surface area contributed by atoms with Gasteiger partial charge in [0.1, 0.15) is 0 Å². The monoisotopic (exact) mass is 428 g/mol. The molecule has 1 unspecified atom stereocenters. The van der Waals surface area contributed by atoms with Gasteiger partial charge in [0.05, 0.1) is 16.8 Å². The average molecular weight is 429 g/mol. The number of para-hydroxylation sites is 1. The highest BCUT2D eigenvalue weighted by Crippen LogP contribution is 2.18. The number of likely N-dealkylation sites (tertiary alicyclic amines) is 1. The molecule has 1 atom stereocenters. The van der Waals surface area contributed by atoms with Crippen LogP contribution in [0.1, 0.15) is 51.9 Å². The molecule has 0 saturated carbocycles. The average Bonchev–Trinajstić information content (AvgIpc) is 2.78. The SMILES string of the molecule is CCCCCCNC(=O)C1CCCN(C(=O)CCn2c(=O)[nH]c(=O)c3ccccc32)C1. The molecule has 2 N–H and O–H groups in total. The number of hydrogen-bond acceptors (Lipinski definition) is 4. The van der Waals surface area contributed by atoms with Crippen LogP contribution in [0.5, 0.6) is 0 Å². The number of H-pyrrole nitrogens is 1. The Morgan fingerprint density at radius 1 is 1.16 bits per heavy atom. The van der Waals surface area contributed by atoms with Crippen LogP contribution in [0.4, 0.5) is 0 Å². The van der Waals surface area contributed by atoms with E-state index in [9.17, 15) is 19.2 Å². The van der Waals surface area contributed by atoms with Crippen molar-refractivity contribution in [1.82, 2.24) is 19.8 Å². The summed E-state index contributed by atoms with van der Waals surface area (Å²) in [5.41, 5.74) is -0.429. The first kappa shape index (κ1) is 22.8. The highest BCUT2D eigenvalue weighted by Gasteiger charge is 2.28. The number of nitrogens with zero attached hydrogens (tertiary/aromatic N) is 2. The standard InChI is InChI=1S/C23H32N4O4/c1-2-3-4-7-13-24-21(29)17-9-8-14-26(16-17)20(28)12-15-27-19-11-6-5-10-18(19)22(30)25-23(27)31/h5-6,10-11,17H,2-4,7-9,12-16H2,1H3,(H,24,29)(H,25,30,31). The lowest BCUT2D eigenvalue weighted by Crippen LogP contribution is -2.46. The van der Waals surface area contributed by atoms with E-state index in [4.69, 9.17) is 0 Å². The summed E-state index contributed by atoms with van der Waals surface area (Å²) in [5, 5.41) is 3.43. The number of unbranched alkanes of at least 4 members (excludes halogenated alkanes) is 3. The van der Waals surface area contributed by atoms with Gasteiger partial charge in [-0.3, -0.25) is 23.9 Å². The van der Waals surface area contributed by atoms with Crippen molar-refractivity contribution < 1.29 is 9.59 Å². The lowest BCUT2D eigenvalue weighted by atomic mass is 9.96. The zero-order valence-electron chi connectivity index (χ0n) is 18.2. The number of amides is 2. The van der Waals surface area contributed by atoms with Gasteiger partial charge in [-0.25, -0.2) is 4.79 Å². The fourth-order valence-corrected chi connectivity index (χ4v) is 4.16. The molecule has 1 fully saturated rings. The number of hydrogen-bond donors (Lipinski definition) is 2. The number of aromatic nitrogens is 2. The minimum absolute atomic E-state index is 0.0249. The van der Waals surface area contributed by atoms with Gasteiger partial charge in [-0.15, -0.1) is 0 Å². The van der Waals surface area contributed by atoms with Crippen LogP contribution < -0.4 is 16.6 Å². The second-order valence-electron chi connectivity index (χ2n) is 8.21. The molecule has 8 nitrogen and oxygen atoms in total. The van der Waals surface area contributed by atoms with Gasteiger partial charge in [0, 0.05) is 32.6 Å². The highest BCUT2D eigenvalue weighted by atomic mass is 16.2. The van der Waals surface area contributed by atoms with E-state index in [1.165, 1.54) is 11.0 Å². The van der Waals surface area contributed by atoms with E-state index in [0.29, 0.717) is 30.5 Å². The van der Waals surface area contributed by atoms with Gasteiger partial charge in [-0.1, -0.05) is 38.3 Å². The van der Waals surface area contributed by atoms with Crippen molar-refractivity contribution in [1.29, 1.82) is 0 Å². The van der Waals surface area contributed by atoms with Crippen LogP contribution in [-0.4, -0.2) is 45.9 Å². The predicted molar refractivity (Wildman–Crippen MR) is 120 cm³/mol. The number of fused-ring (bicyclic) bond motifs is 1. The Morgan fingerprint density at radius 3 is 2.77 bits per heavy atom. The maximum atomic E-state index is 12.8. The number of carbonyl (C=O) groups is 2. The molecule has 0 aliphatic carbocycles. The van der Waals surface area contributed by atoms with Crippen molar-refractivity contribution in [3.63, 3.8) is 0 Å². The largest absolute Gasteiger partial charge is 0.356 e. The number of aryl methyl sites for hydroxylation is 1. The fraction of sp³-hybridized carbons (Fsp3) is 0.565. The molecule has 1 aliphatic heterocycles. The maximum absolute atomic E-state index is 12.8. The Bertz CT molecular complexity index is 1030. The number of aromatic amines is 1. The zero-order valence-corrected chi connectivity index (χ0v) is 18.2. The topological polar surface area (TPSA) is 104 Å². The van der Waals surface area contributed by atoms with Gasteiger partial charge in [0.2, 0.25) is 11.8 Å². The first-order chi connectivity index (χ1) is 15.0. The molecule has 8 heteroatoms. The Morgan fingerprint density at radius 2 is 1.97 bits per heavy atom. The minimum Gasteiger partial charge on any atom is -0.356 e. The fourth-order valence-electron chi connectivity index (χ4n) is 4.16. The first-order valence-electron chi connectivity index (χ1n) is 11.3. The van der Waals surface area contributed by atoms with Gasteiger partial charge in [0.25, 0.3) is 5.56 Å². The van der Waals surface area contributed by atoms with Crippen molar-refractivity contribution >= 4 is 22.7 Å². The molecule has 2 heterocycles. The smallest absolute Gasteiger partial charge is 0.328 e. The predicted octanol–water partition coefficient (Wildman–Crippen LogP) is 2.02. The Hall–Kier alpha value is -2.90. The second-order valence-corrected chi connectivity index (χ2v) is 8.21.